The normalized spacial score (nSPS) is 19.3. The molecule has 0 aromatic heterocycles. The fourth-order valence-electron chi connectivity index (χ4n) is 2.61. The number of ether oxygens (including phenoxy) is 2. The summed E-state index contributed by atoms with van der Waals surface area (Å²) in [6.07, 6.45) is 1.94. The number of nitrogens with zero attached hydrogens (tertiary/aromatic N) is 1. The zero-order valence-corrected chi connectivity index (χ0v) is 11.7. The highest BCUT2D eigenvalue weighted by molar-refractivity contribution is 5.35. The molecule has 1 heterocycles. The molecular weight excluding hydrogens is 242 g/mol. The monoisotopic (exact) mass is 265 g/mol. The fourth-order valence-corrected chi connectivity index (χ4v) is 2.61. The number of hydrogen-bond donors (Lipinski definition) is 1. The van der Waals surface area contributed by atoms with E-state index >= 15 is 0 Å². The molecule has 2 rings (SSSR count). The molecule has 1 saturated heterocycles. The third-order valence-electron chi connectivity index (χ3n) is 3.80. The van der Waals surface area contributed by atoms with Crippen LogP contribution < -0.4 is 4.74 Å². The van der Waals surface area contributed by atoms with Crippen molar-refractivity contribution in [2.24, 2.45) is 0 Å². The Morgan fingerprint density at radius 1 is 1.26 bits per heavy atom. The minimum Gasteiger partial charge on any atom is -0.496 e. The second-order valence-corrected chi connectivity index (χ2v) is 4.99. The van der Waals surface area contributed by atoms with Gasteiger partial charge < -0.3 is 19.5 Å². The van der Waals surface area contributed by atoms with E-state index in [1.807, 2.05) is 24.3 Å². The van der Waals surface area contributed by atoms with Crippen molar-refractivity contribution >= 4 is 0 Å². The van der Waals surface area contributed by atoms with Crippen molar-refractivity contribution in [3.05, 3.63) is 29.8 Å². The maximum absolute atomic E-state index is 10.4. The molecule has 0 amide bonds. The second-order valence-electron chi connectivity index (χ2n) is 4.99. The molecule has 1 N–H and O–H groups in total. The van der Waals surface area contributed by atoms with Crippen LogP contribution in [0.25, 0.3) is 0 Å². The van der Waals surface area contributed by atoms with Crippen LogP contribution in [0.4, 0.5) is 0 Å². The van der Waals surface area contributed by atoms with Gasteiger partial charge in [0.25, 0.3) is 0 Å². The summed E-state index contributed by atoms with van der Waals surface area (Å²) in [7, 11) is 3.40. The summed E-state index contributed by atoms with van der Waals surface area (Å²) in [6, 6.07) is 7.65. The summed E-state index contributed by atoms with van der Waals surface area (Å²) in [4.78, 5) is 2.28. The molecule has 1 aromatic carbocycles. The first-order valence-electron chi connectivity index (χ1n) is 6.80. The average Bonchev–Trinajstić information content (AvgIpc) is 2.48. The molecule has 106 valence electrons. The number of β-amino-alcohol motifs (C(OH)–C–C–N with tert-alkyl or cyclic N) is 1. The van der Waals surface area contributed by atoms with E-state index in [0.717, 1.165) is 37.2 Å². The largest absolute Gasteiger partial charge is 0.496 e. The van der Waals surface area contributed by atoms with E-state index in [1.54, 1.807) is 14.2 Å². The maximum atomic E-state index is 10.4. The van der Waals surface area contributed by atoms with E-state index in [2.05, 4.69) is 4.90 Å². The van der Waals surface area contributed by atoms with Crippen LogP contribution in [0.15, 0.2) is 24.3 Å². The third-order valence-corrected chi connectivity index (χ3v) is 3.80. The summed E-state index contributed by atoms with van der Waals surface area (Å²) < 4.78 is 10.6. The Morgan fingerprint density at radius 3 is 2.58 bits per heavy atom. The van der Waals surface area contributed by atoms with Gasteiger partial charge in [0.05, 0.1) is 19.3 Å². The fraction of sp³-hybridized carbons (Fsp3) is 0.600. The van der Waals surface area contributed by atoms with Crippen LogP contribution in [0.3, 0.4) is 0 Å². The first-order chi connectivity index (χ1) is 9.24. The van der Waals surface area contributed by atoms with E-state index in [1.165, 1.54) is 0 Å². The molecule has 4 nitrogen and oxygen atoms in total. The van der Waals surface area contributed by atoms with Crippen molar-refractivity contribution in [2.45, 2.75) is 25.0 Å². The average molecular weight is 265 g/mol. The number of hydrogen-bond acceptors (Lipinski definition) is 4. The maximum Gasteiger partial charge on any atom is 0.124 e. The quantitative estimate of drug-likeness (QED) is 0.882. The molecule has 19 heavy (non-hydrogen) atoms. The number of methoxy groups -OCH3 is 2. The highest BCUT2D eigenvalue weighted by atomic mass is 16.5. The van der Waals surface area contributed by atoms with Gasteiger partial charge in [0.1, 0.15) is 5.75 Å². The Bertz CT molecular complexity index is 389. The Balaban J connectivity index is 1.92. The SMILES string of the molecule is COc1ccccc1C(O)CN1CCC(OC)CC1. The zero-order valence-electron chi connectivity index (χ0n) is 11.7. The van der Waals surface area contributed by atoms with E-state index < -0.39 is 6.10 Å². The molecule has 0 radical (unpaired) electrons. The van der Waals surface area contributed by atoms with Crippen molar-refractivity contribution in [1.29, 1.82) is 0 Å². The van der Waals surface area contributed by atoms with E-state index in [9.17, 15) is 5.11 Å². The number of aliphatic hydroxyl groups excluding tert-OH is 1. The van der Waals surface area contributed by atoms with Crippen LogP contribution in [0.2, 0.25) is 0 Å². The van der Waals surface area contributed by atoms with Gasteiger partial charge in [-0.05, 0) is 18.9 Å². The molecule has 1 aliphatic rings. The zero-order chi connectivity index (χ0) is 13.7. The number of likely N-dealkylation sites (tertiary alicyclic amines) is 1. The highest BCUT2D eigenvalue weighted by Crippen LogP contribution is 2.26. The van der Waals surface area contributed by atoms with Gasteiger partial charge in [-0.25, -0.2) is 0 Å². The summed E-state index contributed by atoms with van der Waals surface area (Å²) in [6.45, 7) is 2.60. The highest BCUT2D eigenvalue weighted by Gasteiger charge is 2.22. The molecule has 1 aliphatic heterocycles. The predicted molar refractivity (Wildman–Crippen MR) is 74.4 cm³/mol. The Kier molecular flexibility index (Phi) is 5.19. The Labute approximate surface area is 114 Å². The molecule has 1 fully saturated rings. The molecule has 4 heteroatoms. The molecule has 1 atom stereocenters. The lowest BCUT2D eigenvalue weighted by atomic mass is 10.0. The van der Waals surface area contributed by atoms with Crippen molar-refractivity contribution in [2.75, 3.05) is 33.9 Å². The molecule has 0 bridgehead atoms. The van der Waals surface area contributed by atoms with Gasteiger partial charge in [-0.3, -0.25) is 0 Å². The van der Waals surface area contributed by atoms with E-state index in [4.69, 9.17) is 9.47 Å². The van der Waals surface area contributed by atoms with Crippen LogP contribution in [0.5, 0.6) is 5.75 Å². The smallest absolute Gasteiger partial charge is 0.124 e. The third kappa shape index (κ3) is 3.69. The number of para-hydroxylation sites is 1. The van der Waals surface area contributed by atoms with Gasteiger partial charge in [0.2, 0.25) is 0 Å². The topological polar surface area (TPSA) is 41.9 Å². The summed E-state index contributed by atoms with van der Waals surface area (Å²) in [5, 5.41) is 10.4. The molecule has 0 spiro atoms. The predicted octanol–water partition coefficient (Wildman–Crippen LogP) is 1.84. The van der Waals surface area contributed by atoms with Crippen LogP contribution >= 0.6 is 0 Å². The van der Waals surface area contributed by atoms with E-state index in [0.29, 0.717) is 12.6 Å². The first-order valence-corrected chi connectivity index (χ1v) is 6.80. The van der Waals surface area contributed by atoms with Crippen LogP contribution in [-0.4, -0.2) is 50.0 Å². The Hall–Kier alpha value is -1.10. The standard InChI is InChI=1S/C15H23NO3/c1-18-12-7-9-16(10-8-12)11-14(17)13-5-3-4-6-15(13)19-2/h3-6,12,14,17H,7-11H2,1-2H3. The summed E-state index contributed by atoms with van der Waals surface area (Å²) in [5.41, 5.74) is 0.860. The first kappa shape index (κ1) is 14.3. The van der Waals surface area contributed by atoms with Crippen molar-refractivity contribution in [1.82, 2.24) is 4.90 Å². The lowest BCUT2D eigenvalue weighted by Gasteiger charge is -2.32. The van der Waals surface area contributed by atoms with Gasteiger partial charge in [-0.2, -0.15) is 0 Å². The van der Waals surface area contributed by atoms with Gasteiger partial charge in [0, 0.05) is 32.3 Å². The molecular formula is C15H23NO3. The molecule has 0 aliphatic carbocycles. The molecule has 0 saturated carbocycles. The van der Waals surface area contributed by atoms with Crippen LogP contribution in [-0.2, 0) is 4.74 Å². The second kappa shape index (κ2) is 6.89. The lowest BCUT2D eigenvalue weighted by Crippen LogP contribution is -2.38. The minimum absolute atomic E-state index is 0.375. The minimum atomic E-state index is -0.504. The number of aliphatic hydroxyl groups is 1. The van der Waals surface area contributed by atoms with Gasteiger partial charge in [-0.1, -0.05) is 18.2 Å². The molecule has 1 unspecified atom stereocenters. The van der Waals surface area contributed by atoms with Gasteiger partial charge in [0.15, 0.2) is 0 Å². The van der Waals surface area contributed by atoms with Gasteiger partial charge >= 0.3 is 0 Å². The number of rotatable bonds is 5. The number of benzene rings is 1. The summed E-state index contributed by atoms with van der Waals surface area (Å²) in [5.74, 6) is 0.752. The van der Waals surface area contributed by atoms with Gasteiger partial charge in [-0.15, -0.1) is 0 Å². The van der Waals surface area contributed by atoms with Crippen molar-refractivity contribution in [3.63, 3.8) is 0 Å². The van der Waals surface area contributed by atoms with Crippen LogP contribution in [0, 0.1) is 0 Å². The molecule has 1 aromatic rings. The van der Waals surface area contributed by atoms with Crippen LogP contribution in [0.1, 0.15) is 24.5 Å². The Morgan fingerprint density at radius 2 is 1.95 bits per heavy atom. The lowest BCUT2D eigenvalue weighted by molar-refractivity contribution is 0.0239. The van der Waals surface area contributed by atoms with E-state index in [-0.39, 0.29) is 0 Å². The number of piperidine rings is 1. The summed E-state index contributed by atoms with van der Waals surface area (Å²) >= 11 is 0. The van der Waals surface area contributed by atoms with Crippen molar-refractivity contribution < 1.29 is 14.6 Å². The van der Waals surface area contributed by atoms with Crippen molar-refractivity contribution in [3.8, 4) is 5.75 Å².